The van der Waals surface area contributed by atoms with Gasteiger partial charge in [-0.15, -0.1) is 0 Å². The van der Waals surface area contributed by atoms with Crippen molar-refractivity contribution in [3.63, 3.8) is 0 Å². The first-order valence-corrected chi connectivity index (χ1v) is 6.15. The molecule has 0 saturated heterocycles. The van der Waals surface area contributed by atoms with Gasteiger partial charge in [0.25, 0.3) is 0 Å². The Morgan fingerprint density at radius 3 is 2.89 bits per heavy atom. The summed E-state index contributed by atoms with van der Waals surface area (Å²) in [6, 6.07) is 5.04. The van der Waals surface area contributed by atoms with E-state index < -0.39 is 0 Å². The third-order valence-electron chi connectivity index (χ3n) is 1.93. The molecule has 4 nitrogen and oxygen atoms in total. The molecular formula is C12H13Cl2NO3. The summed E-state index contributed by atoms with van der Waals surface area (Å²) in [5.74, 6) is -0.308. The van der Waals surface area contributed by atoms with Crippen LogP contribution in [-0.4, -0.2) is 25.4 Å². The lowest BCUT2D eigenvalue weighted by atomic mass is 10.2. The van der Waals surface area contributed by atoms with E-state index in [1.54, 1.807) is 25.1 Å². The van der Waals surface area contributed by atoms with Crippen molar-refractivity contribution in [3.05, 3.63) is 33.8 Å². The number of esters is 1. The largest absolute Gasteiger partial charge is 0.466 e. The zero-order chi connectivity index (χ0) is 13.4. The van der Waals surface area contributed by atoms with Gasteiger partial charge in [0.2, 0.25) is 0 Å². The fourth-order valence-corrected chi connectivity index (χ4v) is 1.57. The van der Waals surface area contributed by atoms with Crippen molar-refractivity contribution >= 4 is 35.4 Å². The van der Waals surface area contributed by atoms with E-state index in [2.05, 4.69) is 5.16 Å². The molecule has 6 heteroatoms. The van der Waals surface area contributed by atoms with Crippen molar-refractivity contribution in [2.75, 3.05) is 13.2 Å². The SMILES string of the molecule is CCOC(=O)CCO/N=C/c1ccc(Cl)cc1Cl. The molecule has 0 aromatic heterocycles. The first-order valence-electron chi connectivity index (χ1n) is 5.39. The van der Waals surface area contributed by atoms with Gasteiger partial charge < -0.3 is 9.57 Å². The van der Waals surface area contributed by atoms with E-state index in [1.165, 1.54) is 6.21 Å². The highest BCUT2D eigenvalue weighted by molar-refractivity contribution is 6.36. The molecule has 0 N–H and O–H groups in total. The molecule has 0 spiro atoms. The number of carbonyl (C=O) groups excluding carboxylic acids is 1. The number of rotatable bonds is 6. The Bertz CT molecular complexity index is 435. The number of benzene rings is 1. The average molecular weight is 290 g/mol. The van der Waals surface area contributed by atoms with Gasteiger partial charge in [-0.05, 0) is 19.1 Å². The van der Waals surface area contributed by atoms with Crippen LogP contribution in [0, 0.1) is 0 Å². The quantitative estimate of drug-likeness (QED) is 0.349. The van der Waals surface area contributed by atoms with Gasteiger partial charge in [0, 0.05) is 10.6 Å². The molecule has 1 aromatic rings. The lowest BCUT2D eigenvalue weighted by Crippen LogP contribution is -2.06. The van der Waals surface area contributed by atoms with Crippen LogP contribution in [0.3, 0.4) is 0 Å². The summed E-state index contributed by atoms with van der Waals surface area (Å²) in [6.45, 7) is 2.28. The van der Waals surface area contributed by atoms with Gasteiger partial charge in [-0.2, -0.15) is 0 Å². The van der Waals surface area contributed by atoms with E-state index in [4.69, 9.17) is 32.8 Å². The van der Waals surface area contributed by atoms with Crippen molar-refractivity contribution in [1.82, 2.24) is 0 Å². The predicted molar refractivity (Wildman–Crippen MR) is 71.3 cm³/mol. The summed E-state index contributed by atoms with van der Waals surface area (Å²) in [6.07, 6.45) is 1.63. The molecule has 0 amide bonds. The summed E-state index contributed by atoms with van der Waals surface area (Å²) in [5.41, 5.74) is 0.692. The second kappa shape index (κ2) is 7.95. The Labute approximate surface area is 115 Å². The van der Waals surface area contributed by atoms with Gasteiger partial charge >= 0.3 is 5.97 Å². The van der Waals surface area contributed by atoms with Gasteiger partial charge in [0.15, 0.2) is 0 Å². The highest BCUT2D eigenvalue weighted by atomic mass is 35.5. The van der Waals surface area contributed by atoms with Crippen LogP contribution in [-0.2, 0) is 14.4 Å². The molecule has 98 valence electrons. The summed E-state index contributed by atoms with van der Waals surface area (Å²) >= 11 is 11.7. The van der Waals surface area contributed by atoms with Gasteiger partial charge in [0.05, 0.1) is 24.3 Å². The van der Waals surface area contributed by atoms with E-state index >= 15 is 0 Å². The Morgan fingerprint density at radius 2 is 2.22 bits per heavy atom. The second-order valence-corrected chi connectivity index (χ2v) is 4.13. The van der Waals surface area contributed by atoms with E-state index in [-0.39, 0.29) is 19.0 Å². The van der Waals surface area contributed by atoms with Crippen LogP contribution in [0.1, 0.15) is 18.9 Å². The van der Waals surface area contributed by atoms with Crippen LogP contribution in [0.25, 0.3) is 0 Å². The van der Waals surface area contributed by atoms with E-state index in [1.807, 2.05) is 0 Å². The molecule has 0 aliphatic carbocycles. The highest BCUT2D eigenvalue weighted by Gasteiger charge is 2.01. The van der Waals surface area contributed by atoms with Gasteiger partial charge in [-0.25, -0.2) is 0 Å². The molecule has 0 radical (unpaired) electrons. The highest BCUT2D eigenvalue weighted by Crippen LogP contribution is 2.19. The second-order valence-electron chi connectivity index (χ2n) is 3.29. The number of hydrogen-bond donors (Lipinski definition) is 0. The molecule has 0 unspecified atom stereocenters. The minimum atomic E-state index is -0.308. The van der Waals surface area contributed by atoms with E-state index in [0.29, 0.717) is 22.2 Å². The van der Waals surface area contributed by atoms with Crippen molar-refractivity contribution in [2.45, 2.75) is 13.3 Å². The summed E-state index contributed by atoms with van der Waals surface area (Å²) < 4.78 is 4.73. The minimum Gasteiger partial charge on any atom is -0.466 e. The van der Waals surface area contributed by atoms with Crippen LogP contribution >= 0.6 is 23.2 Å². The van der Waals surface area contributed by atoms with E-state index in [9.17, 15) is 4.79 Å². The summed E-state index contributed by atoms with van der Waals surface area (Å²) in [7, 11) is 0. The lowest BCUT2D eigenvalue weighted by Gasteiger charge is -2.01. The topological polar surface area (TPSA) is 47.9 Å². The molecule has 0 fully saturated rings. The lowest BCUT2D eigenvalue weighted by molar-refractivity contribution is -0.144. The molecular weight excluding hydrogens is 277 g/mol. The number of oxime groups is 1. The number of carbonyl (C=O) groups is 1. The third-order valence-corrected chi connectivity index (χ3v) is 2.49. The summed E-state index contributed by atoms with van der Waals surface area (Å²) in [4.78, 5) is 15.9. The number of ether oxygens (including phenoxy) is 1. The van der Waals surface area contributed by atoms with Crippen molar-refractivity contribution in [2.24, 2.45) is 5.16 Å². The van der Waals surface area contributed by atoms with Crippen LogP contribution in [0.4, 0.5) is 0 Å². The third kappa shape index (κ3) is 5.38. The van der Waals surface area contributed by atoms with Gasteiger partial charge in [0.1, 0.15) is 6.61 Å². The Hall–Kier alpha value is -1.26. The Balaban J connectivity index is 2.34. The molecule has 1 aromatic carbocycles. The predicted octanol–water partition coefficient (Wildman–Crippen LogP) is 3.30. The maximum atomic E-state index is 11.0. The average Bonchev–Trinajstić information content (AvgIpc) is 2.31. The first kappa shape index (κ1) is 14.8. The van der Waals surface area contributed by atoms with Crippen molar-refractivity contribution in [3.8, 4) is 0 Å². The number of halogens is 2. The maximum Gasteiger partial charge on any atom is 0.309 e. The molecule has 0 aliphatic rings. The van der Waals surface area contributed by atoms with Gasteiger partial charge in [-0.3, -0.25) is 4.79 Å². The van der Waals surface area contributed by atoms with E-state index in [0.717, 1.165) is 0 Å². The van der Waals surface area contributed by atoms with Crippen LogP contribution in [0.15, 0.2) is 23.4 Å². The van der Waals surface area contributed by atoms with Crippen LogP contribution in [0.5, 0.6) is 0 Å². The van der Waals surface area contributed by atoms with Crippen LogP contribution < -0.4 is 0 Å². The first-order chi connectivity index (χ1) is 8.63. The standard InChI is InChI=1S/C12H13Cl2NO3/c1-2-17-12(16)5-6-18-15-8-9-3-4-10(13)7-11(9)14/h3-4,7-8H,2,5-6H2,1H3/b15-8+. The molecule has 18 heavy (non-hydrogen) atoms. The monoisotopic (exact) mass is 289 g/mol. The molecule has 1 rings (SSSR count). The Morgan fingerprint density at radius 1 is 1.44 bits per heavy atom. The molecule has 0 saturated carbocycles. The van der Waals surface area contributed by atoms with Crippen molar-refractivity contribution in [1.29, 1.82) is 0 Å². The maximum absolute atomic E-state index is 11.0. The zero-order valence-electron chi connectivity index (χ0n) is 9.86. The smallest absolute Gasteiger partial charge is 0.309 e. The molecule has 0 heterocycles. The normalized spacial score (nSPS) is 10.6. The minimum absolute atomic E-state index is 0.166. The molecule has 0 atom stereocenters. The Kier molecular flexibility index (Phi) is 6.54. The fourth-order valence-electron chi connectivity index (χ4n) is 1.12. The van der Waals surface area contributed by atoms with Crippen molar-refractivity contribution < 1.29 is 14.4 Å². The fraction of sp³-hybridized carbons (Fsp3) is 0.333. The molecule has 0 aliphatic heterocycles. The van der Waals surface area contributed by atoms with Crippen LogP contribution in [0.2, 0.25) is 10.0 Å². The summed E-state index contributed by atoms with van der Waals surface area (Å²) in [5, 5.41) is 4.75. The zero-order valence-corrected chi connectivity index (χ0v) is 11.4. The number of nitrogens with zero attached hydrogens (tertiary/aromatic N) is 1. The van der Waals surface area contributed by atoms with Gasteiger partial charge in [-0.1, -0.05) is 34.4 Å². The molecule has 0 bridgehead atoms. The number of hydrogen-bond acceptors (Lipinski definition) is 4.